The second kappa shape index (κ2) is 8.80. The van der Waals surface area contributed by atoms with Gasteiger partial charge in [-0.3, -0.25) is 9.59 Å². The number of anilines is 1. The Morgan fingerprint density at radius 3 is 2.19 bits per heavy atom. The summed E-state index contributed by atoms with van der Waals surface area (Å²) in [7, 11) is 0. The van der Waals surface area contributed by atoms with Crippen molar-refractivity contribution in [1.82, 2.24) is 5.32 Å². The van der Waals surface area contributed by atoms with Gasteiger partial charge in [0.1, 0.15) is 0 Å². The molecule has 6 nitrogen and oxygen atoms in total. The van der Waals surface area contributed by atoms with E-state index < -0.39 is 18.0 Å². The Morgan fingerprint density at radius 1 is 1.00 bits per heavy atom. The van der Waals surface area contributed by atoms with Crippen LogP contribution in [0.2, 0.25) is 0 Å². The summed E-state index contributed by atoms with van der Waals surface area (Å²) >= 11 is 0. The fourth-order valence-electron chi connectivity index (χ4n) is 2.15. The molecule has 0 saturated heterocycles. The van der Waals surface area contributed by atoms with Gasteiger partial charge in [-0.25, -0.2) is 4.79 Å². The average molecular weight is 354 g/mol. The van der Waals surface area contributed by atoms with E-state index in [4.69, 9.17) is 4.74 Å². The van der Waals surface area contributed by atoms with E-state index in [0.717, 1.165) is 11.1 Å². The van der Waals surface area contributed by atoms with Gasteiger partial charge in [0, 0.05) is 19.2 Å². The van der Waals surface area contributed by atoms with Crippen molar-refractivity contribution in [3.05, 3.63) is 65.2 Å². The summed E-state index contributed by atoms with van der Waals surface area (Å²) in [6.07, 6.45) is -0.928. The maximum atomic E-state index is 12.2. The lowest BCUT2D eigenvalue weighted by molar-refractivity contribution is -0.123. The van der Waals surface area contributed by atoms with Gasteiger partial charge >= 0.3 is 5.97 Å². The Bertz CT molecular complexity index is 782. The number of ether oxygens (including phenoxy) is 1. The molecule has 26 heavy (non-hydrogen) atoms. The fraction of sp³-hybridized carbons (Fsp3) is 0.250. The van der Waals surface area contributed by atoms with Gasteiger partial charge in [-0.1, -0.05) is 29.8 Å². The van der Waals surface area contributed by atoms with E-state index >= 15 is 0 Å². The summed E-state index contributed by atoms with van der Waals surface area (Å²) < 4.78 is 5.21. The predicted octanol–water partition coefficient (Wildman–Crippen LogP) is 2.82. The molecule has 1 atom stereocenters. The van der Waals surface area contributed by atoms with Crippen molar-refractivity contribution >= 4 is 23.5 Å². The van der Waals surface area contributed by atoms with E-state index in [1.165, 1.54) is 13.8 Å². The third-order valence-corrected chi connectivity index (χ3v) is 3.70. The van der Waals surface area contributed by atoms with Crippen molar-refractivity contribution in [2.45, 2.75) is 33.4 Å². The van der Waals surface area contributed by atoms with Crippen molar-refractivity contribution in [3.63, 3.8) is 0 Å². The molecule has 136 valence electrons. The summed E-state index contributed by atoms with van der Waals surface area (Å²) in [5.74, 6) is -1.10. The van der Waals surface area contributed by atoms with Crippen molar-refractivity contribution in [1.29, 1.82) is 0 Å². The highest BCUT2D eigenvalue weighted by Gasteiger charge is 2.19. The Labute approximate surface area is 152 Å². The van der Waals surface area contributed by atoms with Crippen LogP contribution >= 0.6 is 0 Å². The summed E-state index contributed by atoms with van der Waals surface area (Å²) in [6.45, 7) is 5.30. The molecule has 0 fully saturated rings. The molecule has 0 saturated carbocycles. The van der Waals surface area contributed by atoms with Crippen LogP contribution in [0.15, 0.2) is 48.5 Å². The fourth-order valence-corrected chi connectivity index (χ4v) is 2.15. The van der Waals surface area contributed by atoms with Gasteiger partial charge in [0.25, 0.3) is 5.91 Å². The Balaban J connectivity index is 1.90. The molecule has 0 radical (unpaired) electrons. The second-order valence-corrected chi connectivity index (χ2v) is 6.01. The standard InChI is InChI=1S/C20H22N2O4/c1-13-4-10-18(11-5-13)22-19(24)14(2)26-20(25)17-8-6-16(7-9-17)12-21-15(3)23/h4-11,14H,12H2,1-3H3,(H,21,23)(H,22,24). The maximum Gasteiger partial charge on any atom is 0.338 e. The molecular weight excluding hydrogens is 332 g/mol. The van der Waals surface area contributed by atoms with Gasteiger partial charge in [0.2, 0.25) is 5.91 Å². The van der Waals surface area contributed by atoms with Crippen LogP contribution in [0.1, 0.15) is 35.3 Å². The molecule has 0 aliphatic carbocycles. The molecule has 0 aliphatic rings. The van der Waals surface area contributed by atoms with E-state index in [9.17, 15) is 14.4 Å². The molecule has 2 aromatic rings. The van der Waals surface area contributed by atoms with E-state index in [-0.39, 0.29) is 5.91 Å². The number of carbonyl (C=O) groups is 3. The monoisotopic (exact) mass is 354 g/mol. The SMILES string of the molecule is CC(=O)NCc1ccc(C(=O)OC(C)C(=O)Nc2ccc(C)cc2)cc1. The van der Waals surface area contributed by atoms with E-state index in [1.807, 2.05) is 19.1 Å². The highest BCUT2D eigenvalue weighted by Crippen LogP contribution is 2.11. The maximum absolute atomic E-state index is 12.2. The van der Waals surface area contributed by atoms with Crippen LogP contribution < -0.4 is 10.6 Å². The van der Waals surface area contributed by atoms with Gasteiger partial charge in [0.15, 0.2) is 6.10 Å². The molecule has 0 aromatic heterocycles. The summed E-state index contributed by atoms with van der Waals surface area (Å²) in [5.41, 5.74) is 2.93. The number of hydrogen-bond acceptors (Lipinski definition) is 4. The van der Waals surface area contributed by atoms with Crippen molar-refractivity contribution in [3.8, 4) is 0 Å². The van der Waals surface area contributed by atoms with Crippen LogP contribution in [0.25, 0.3) is 0 Å². The third-order valence-electron chi connectivity index (χ3n) is 3.70. The summed E-state index contributed by atoms with van der Waals surface area (Å²) in [5, 5.41) is 5.38. The first-order valence-corrected chi connectivity index (χ1v) is 8.27. The van der Waals surface area contributed by atoms with Gasteiger partial charge < -0.3 is 15.4 Å². The summed E-state index contributed by atoms with van der Waals surface area (Å²) in [4.78, 5) is 35.2. The quantitative estimate of drug-likeness (QED) is 0.781. The highest BCUT2D eigenvalue weighted by atomic mass is 16.5. The molecule has 2 aromatic carbocycles. The number of esters is 1. The van der Waals surface area contributed by atoms with Gasteiger partial charge in [-0.2, -0.15) is 0 Å². The number of benzene rings is 2. The first-order valence-electron chi connectivity index (χ1n) is 8.27. The van der Waals surface area contributed by atoms with Gasteiger partial charge in [0.05, 0.1) is 5.56 Å². The highest BCUT2D eigenvalue weighted by molar-refractivity contribution is 5.97. The lowest BCUT2D eigenvalue weighted by atomic mass is 10.1. The van der Waals surface area contributed by atoms with Crippen molar-refractivity contribution in [2.24, 2.45) is 0 Å². The van der Waals surface area contributed by atoms with E-state index in [1.54, 1.807) is 36.4 Å². The number of carbonyl (C=O) groups excluding carboxylic acids is 3. The van der Waals surface area contributed by atoms with E-state index in [2.05, 4.69) is 10.6 Å². The molecule has 2 rings (SSSR count). The molecule has 0 spiro atoms. The van der Waals surface area contributed by atoms with E-state index in [0.29, 0.717) is 17.8 Å². The lowest BCUT2D eigenvalue weighted by Crippen LogP contribution is -2.30. The lowest BCUT2D eigenvalue weighted by Gasteiger charge is -2.14. The van der Waals surface area contributed by atoms with Gasteiger partial charge in [-0.05, 0) is 43.7 Å². The van der Waals surface area contributed by atoms with Crippen LogP contribution in [-0.2, 0) is 20.9 Å². The smallest absolute Gasteiger partial charge is 0.338 e. The zero-order valence-corrected chi connectivity index (χ0v) is 15.0. The molecule has 0 bridgehead atoms. The number of aryl methyl sites for hydroxylation is 1. The number of nitrogens with one attached hydrogen (secondary N) is 2. The molecular formula is C20H22N2O4. The average Bonchev–Trinajstić information content (AvgIpc) is 2.62. The Hall–Kier alpha value is -3.15. The topological polar surface area (TPSA) is 84.5 Å². The van der Waals surface area contributed by atoms with Gasteiger partial charge in [-0.15, -0.1) is 0 Å². The minimum absolute atomic E-state index is 0.123. The molecule has 1 unspecified atom stereocenters. The minimum atomic E-state index is -0.928. The first kappa shape index (κ1) is 19.2. The van der Waals surface area contributed by atoms with Crippen LogP contribution in [0.5, 0.6) is 0 Å². The van der Waals surface area contributed by atoms with Crippen LogP contribution in [0.4, 0.5) is 5.69 Å². The van der Waals surface area contributed by atoms with Crippen molar-refractivity contribution < 1.29 is 19.1 Å². The normalized spacial score (nSPS) is 11.3. The molecule has 6 heteroatoms. The van der Waals surface area contributed by atoms with Crippen LogP contribution in [0.3, 0.4) is 0 Å². The zero-order valence-electron chi connectivity index (χ0n) is 15.0. The minimum Gasteiger partial charge on any atom is -0.449 e. The zero-order chi connectivity index (χ0) is 19.1. The van der Waals surface area contributed by atoms with Crippen LogP contribution in [0, 0.1) is 6.92 Å². The number of hydrogen-bond donors (Lipinski definition) is 2. The third kappa shape index (κ3) is 5.73. The predicted molar refractivity (Wildman–Crippen MR) is 98.6 cm³/mol. The number of amides is 2. The Kier molecular flexibility index (Phi) is 6.49. The van der Waals surface area contributed by atoms with Crippen LogP contribution in [-0.4, -0.2) is 23.9 Å². The largest absolute Gasteiger partial charge is 0.449 e. The Morgan fingerprint density at radius 2 is 1.62 bits per heavy atom. The molecule has 0 aliphatic heterocycles. The number of rotatable bonds is 6. The molecule has 2 N–H and O–H groups in total. The second-order valence-electron chi connectivity index (χ2n) is 6.01. The summed E-state index contributed by atoms with van der Waals surface area (Å²) in [6, 6.07) is 14.0. The first-order chi connectivity index (χ1) is 12.3. The molecule has 0 heterocycles. The molecule has 2 amide bonds. The van der Waals surface area contributed by atoms with Crippen molar-refractivity contribution in [2.75, 3.05) is 5.32 Å².